The molecule has 1 aromatic heterocycles. The number of amides is 1. The molecule has 1 aliphatic rings. The summed E-state index contributed by atoms with van der Waals surface area (Å²) in [4.78, 5) is 28.2. The third-order valence-corrected chi connectivity index (χ3v) is 5.86. The van der Waals surface area contributed by atoms with Crippen LogP contribution in [-0.4, -0.2) is 16.8 Å². The van der Waals surface area contributed by atoms with Gasteiger partial charge < -0.3 is 9.52 Å². The van der Waals surface area contributed by atoms with E-state index in [1.54, 1.807) is 42.5 Å². The lowest BCUT2D eigenvalue weighted by molar-refractivity contribution is -0.117. The van der Waals surface area contributed by atoms with Crippen LogP contribution >= 0.6 is 0 Å². The molecular formula is C27H18N2O4. The molecule has 0 saturated heterocycles. The molecule has 6 nitrogen and oxygen atoms in total. The number of aliphatic hydroxyl groups excluding tert-OH is 1. The molecule has 1 aliphatic heterocycles. The predicted molar refractivity (Wildman–Crippen MR) is 123 cm³/mol. The highest BCUT2D eigenvalue weighted by Gasteiger charge is 2.45. The molecule has 1 atom stereocenters. The second-order valence-electron chi connectivity index (χ2n) is 7.83. The molecule has 1 unspecified atom stereocenters. The van der Waals surface area contributed by atoms with Crippen molar-refractivity contribution < 1.29 is 19.1 Å². The molecular weight excluding hydrogens is 416 g/mol. The van der Waals surface area contributed by atoms with E-state index in [0.29, 0.717) is 22.4 Å². The maximum absolute atomic E-state index is 13.6. The number of hydrogen-bond donors (Lipinski definition) is 1. The molecule has 0 saturated carbocycles. The summed E-state index contributed by atoms with van der Waals surface area (Å²) in [5.74, 6) is -1.81. The SMILES string of the molecule is Cc1ccccc1C1C(C(=O)c2cc3ccccc3o2)=C(O)C(=O)N1c1ccc(C#N)cc1. The number of para-hydroxylation sites is 1. The third kappa shape index (κ3) is 3.27. The quantitative estimate of drug-likeness (QED) is 0.434. The second-order valence-corrected chi connectivity index (χ2v) is 7.83. The number of rotatable bonds is 4. The van der Waals surface area contributed by atoms with Gasteiger partial charge in [-0.3, -0.25) is 14.5 Å². The Kier molecular flexibility index (Phi) is 4.80. The van der Waals surface area contributed by atoms with E-state index >= 15 is 0 Å². The zero-order chi connectivity index (χ0) is 23.1. The number of nitriles is 1. The van der Waals surface area contributed by atoms with Crippen molar-refractivity contribution in [2.24, 2.45) is 0 Å². The molecule has 6 heteroatoms. The standard InChI is InChI=1S/C27H18N2O4/c1-16-6-2-4-8-20(16)24-23(25(30)22-14-18-7-3-5-9-21(18)33-22)26(31)27(32)29(24)19-12-10-17(15-28)11-13-19/h2-14,24,31H,1H3. The van der Waals surface area contributed by atoms with E-state index in [1.165, 1.54) is 4.90 Å². The fraction of sp³-hybridized carbons (Fsp3) is 0.0741. The molecule has 2 heterocycles. The second kappa shape index (κ2) is 7.81. The lowest BCUT2D eigenvalue weighted by Gasteiger charge is -2.28. The van der Waals surface area contributed by atoms with Crippen LogP contribution in [0, 0.1) is 18.3 Å². The van der Waals surface area contributed by atoms with Crippen LogP contribution in [-0.2, 0) is 4.79 Å². The summed E-state index contributed by atoms with van der Waals surface area (Å²) in [6, 6.07) is 23.9. The number of aliphatic hydroxyl groups is 1. The average Bonchev–Trinajstić information content (AvgIpc) is 3.38. The Morgan fingerprint density at radius 3 is 2.42 bits per heavy atom. The molecule has 0 fully saturated rings. The Hall–Kier alpha value is -4.63. The molecule has 0 spiro atoms. The van der Waals surface area contributed by atoms with Crippen molar-refractivity contribution >= 4 is 28.3 Å². The van der Waals surface area contributed by atoms with Crippen LogP contribution in [0.25, 0.3) is 11.0 Å². The Bertz CT molecular complexity index is 1460. The summed E-state index contributed by atoms with van der Waals surface area (Å²) in [7, 11) is 0. The normalized spacial score (nSPS) is 15.8. The summed E-state index contributed by atoms with van der Waals surface area (Å²) >= 11 is 0. The van der Waals surface area contributed by atoms with Gasteiger partial charge in [-0.1, -0.05) is 42.5 Å². The lowest BCUT2D eigenvalue weighted by Crippen LogP contribution is -2.31. The first kappa shape index (κ1) is 20.3. The van der Waals surface area contributed by atoms with Gasteiger partial charge in [0.2, 0.25) is 5.78 Å². The van der Waals surface area contributed by atoms with E-state index in [2.05, 4.69) is 0 Å². The minimum atomic E-state index is -0.854. The van der Waals surface area contributed by atoms with Gasteiger partial charge in [-0.05, 0) is 54.4 Å². The van der Waals surface area contributed by atoms with E-state index in [9.17, 15) is 14.7 Å². The number of aryl methyl sites for hydroxylation is 1. The molecule has 1 N–H and O–H groups in total. The molecule has 1 amide bonds. The molecule has 4 aromatic rings. The number of nitrogens with zero attached hydrogens (tertiary/aromatic N) is 2. The van der Waals surface area contributed by atoms with Crippen molar-refractivity contribution in [3.05, 3.63) is 113 Å². The Morgan fingerprint density at radius 1 is 1.03 bits per heavy atom. The fourth-order valence-corrected chi connectivity index (χ4v) is 4.21. The smallest absolute Gasteiger partial charge is 0.294 e. The number of ketones is 1. The third-order valence-electron chi connectivity index (χ3n) is 5.86. The van der Waals surface area contributed by atoms with E-state index in [4.69, 9.17) is 9.68 Å². The van der Waals surface area contributed by atoms with Crippen LogP contribution in [0.2, 0.25) is 0 Å². The number of fused-ring (bicyclic) bond motifs is 1. The van der Waals surface area contributed by atoms with Crippen LogP contribution in [0.3, 0.4) is 0 Å². The van der Waals surface area contributed by atoms with Crippen LogP contribution in [0.4, 0.5) is 5.69 Å². The van der Waals surface area contributed by atoms with Gasteiger partial charge in [-0.15, -0.1) is 0 Å². The van der Waals surface area contributed by atoms with E-state index < -0.39 is 23.5 Å². The number of Topliss-reactive ketones (excluding diaryl/α,β-unsaturated/α-hetero) is 1. The zero-order valence-electron chi connectivity index (χ0n) is 17.6. The Labute approximate surface area is 189 Å². The van der Waals surface area contributed by atoms with Gasteiger partial charge in [-0.2, -0.15) is 5.26 Å². The summed E-state index contributed by atoms with van der Waals surface area (Å²) in [5, 5.41) is 20.8. The summed E-state index contributed by atoms with van der Waals surface area (Å²) in [6.45, 7) is 1.88. The van der Waals surface area contributed by atoms with Crippen molar-refractivity contribution in [1.82, 2.24) is 0 Å². The van der Waals surface area contributed by atoms with Crippen LogP contribution in [0.1, 0.15) is 33.3 Å². The van der Waals surface area contributed by atoms with Crippen LogP contribution < -0.4 is 4.90 Å². The zero-order valence-corrected chi connectivity index (χ0v) is 17.6. The van der Waals surface area contributed by atoms with Crippen LogP contribution in [0.5, 0.6) is 0 Å². The van der Waals surface area contributed by atoms with E-state index in [0.717, 1.165) is 10.9 Å². The maximum Gasteiger partial charge on any atom is 0.294 e. The molecule has 5 rings (SSSR count). The van der Waals surface area contributed by atoms with Crippen molar-refractivity contribution in [3.63, 3.8) is 0 Å². The highest BCUT2D eigenvalue weighted by molar-refractivity contribution is 6.20. The van der Waals surface area contributed by atoms with Crippen molar-refractivity contribution in [2.45, 2.75) is 13.0 Å². The minimum absolute atomic E-state index is 0.0438. The van der Waals surface area contributed by atoms with Gasteiger partial charge in [0.1, 0.15) is 5.58 Å². The van der Waals surface area contributed by atoms with E-state index in [1.807, 2.05) is 49.4 Å². The minimum Gasteiger partial charge on any atom is -0.503 e. The maximum atomic E-state index is 13.6. The summed E-state index contributed by atoms with van der Waals surface area (Å²) in [6.07, 6.45) is 0. The first-order valence-corrected chi connectivity index (χ1v) is 10.3. The molecule has 0 bridgehead atoms. The first-order chi connectivity index (χ1) is 16.0. The van der Waals surface area contributed by atoms with Gasteiger partial charge in [0.15, 0.2) is 11.5 Å². The van der Waals surface area contributed by atoms with Gasteiger partial charge >= 0.3 is 0 Å². The topological polar surface area (TPSA) is 94.5 Å². The molecule has 33 heavy (non-hydrogen) atoms. The van der Waals surface area contributed by atoms with Gasteiger partial charge in [0.05, 0.1) is 23.2 Å². The summed E-state index contributed by atoms with van der Waals surface area (Å²) in [5.41, 5.74) is 2.97. The van der Waals surface area contributed by atoms with Gasteiger partial charge in [-0.25, -0.2) is 0 Å². The molecule has 0 radical (unpaired) electrons. The Morgan fingerprint density at radius 2 is 1.73 bits per heavy atom. The molecule has 160 valence electrons. The number of benzene rings is 3. The average molecular weight is 434 g/mol. The molecule has 3 aromatic carbocycles. The first-order valence-electron chi connectivity index (χ1n) is 10.3. The highest BCUT2D eigenvalue weighted by atomic mass is 16.3. The molecule has 0 aliphatic carbocycles. The number of carbonyl (C=O) groups is 2. The lowest BCUT2D eigenvalue weighted by atomic mass is 9.92. The van der Waals surface area contributed by atoms with Gasteiger partial charge in [0.25, 0.3) is 5.91 Å². The van der Waals surface area contributed by atoms with Crippen LogP contribution in [0.15, 0.2) is 94.6 Å². The largest absolute Gasteiger partial charge is 0.503 e. The highest BCUT2D eigenvalue weighted by Crippen LogP contribution is 2.43. The number of hydrogen-bond acceptors (Lipinski definition) is 5. The van der Waals surface area contributed by atoms with Crippen molar-refractivity contribution in [2.75, 3.05) is 4.90 Å². The van der Waals surface area contributed by atoms with E-state index in [-0.39, 0.29) is 11.3 Å². The predicted octanol–water partition coefficient (Wildman–Crippen LogP) is 5.40. The number of furan rings is 1. The van der Waals surface area contributed by atoms with Gasteiger partial charge in [0, 0.05) is 11.1 Å². The number of carbonyl (C=O) groups excluding carboxylic acids is 2. The fourth-order valence-electron chi connectivity index (χ4n) is 4.21. The summed E-state index contributed by atoms with van der Waals surface area (Å²) < 4.78 is 5.75. The monoisotopic (exact) mass is 434 g/mol. The van der Waals surface area contributed by atoms with Crippen molar-refractivity contribution in [1.29, 1.82) is 5.26 Å². The number of anilines is 1. The van der Waals surface area contributed by atoms with Crippen molar-refractivity contribution in [3.8, 4) is 6.07 Å². The Balaban J connectivity index is 1.67.